The molecule has 4 saturated carbocycles. The van der Waals surface area contributed by atoms with Gasteiger partial charge < -0.3 is 9.84 Å². The van der Waals surface area contributed by atoms with Crippen molar-refractivity contribution in [1.82, 2.24) is 0 Å². The van der Waals surface area contributed by atoms with Crippen molar-refractivity contribution in [2.45, 2.75) is 123 Å². The summed E-state index contributed by atoms with van der Waals surface area (Å²) in [5.41, 5.74) is 0.932. The lowest BCUT2D eigenvalue weighted by Gasteiger charge is -2.59. The van der Waals surface area contributed by atoms with E-state index >= 15 is 0 Å². The lowest BCUT2D eigenvalue weighted by molar-refractivity contribution is -0.116. The predicted molar refractivity (Wildman–Crippen MR) is 119 cm³/mol. The first-order valence-corrected chi connectivity index (χ1v) is 13.1. The van der Waals surface area contributed by atoms with Crippen LogP contribution in [0.15, 0.2) is 0 Å². The minimum Gasteiger partial charge on any atom is -0.393 e. The van der Waals surface area contributed by atoms with Crippen LogP contribution in [-0.4, -0.2) is 22.9 Å². The van der Waals surface area contributed by atoms with Crippen LogP contribution in [0.3, 0.4) is 0 Å². The van der Waals surface area contributed by atoms with E-state index in [-0.39, 0.29) is 11.7 Å². The van der Waals surface area contributed by atoms with Gasteiger partial charge in [0.25, 0.3) is 0 Å². The molecule has 0 bridgehead atoms. The van der Waals surface area contributed by atoms with E-state index in [2.05, 4.69) is 34.6 Å². The molecule has 0 aromatic carbocycles. The molecule has 0 unspecified atom stereocenters. The zero-order chi connectivity index (χ0) is 20.6. The predicted octanol–water partition coefficient (Wildman–Crippen LogP) is 6.60. The van der Waals surface area contributed by atoms with Crippen molar-refractivity contribution in [2.24, 2.45) is 46.3 Å². The summed E-state index contributed by atoms with van der Waals surface area (Å²) in [5, 5.41) is 10.4. The second-order valence-electron chi connectivity index (χ2n) is 13.0. The van der Waals surface area contributed by atoms with Gasteiger partial charge in [-0.05, 0) is 85.9 Å². The van der Waals surface area contributed by atoms with E-state index in [4.69, 9.17) is 4.74 Å². The topological polar surface area (TPSA) is 32.8 Å². The summed E-state index contributed by atoms with van der Waals surface area (Å²) in [4.78, 5) is 0. The highest BCUT2D eigenvalue weighted by atomic mass is 16.6. The Bertz CT molecular complexity index is 630. The van der Waals surface area contributed by atoms with Crippen LogP contribution < -0.4 is 0 Å². The quantitative estimate of drug-likeness (QED) is 0.525. The summed E-state index contributed by atoms with van der Waals surface area (Å²) in [6.07, 6.45) is 14.8. The van der Waals surface area contributed by atoms with Gasteiger partial charge in [-0.25, -0.2) is 0 Å². The fourth-order valence-electron chi connectivity index (χ4n) is 9.68. The molecule has 29 heavy (non-hydrogen) atoms. The third kappa shape index (κ3) is 2.94. The molecule has 5 aliphatic rings. The molecule has 0 amide bonds. The van der Waals surface area contributed by atoms with E-state index in [0.717, 1.165) is 48.3 Å². The molecule has 2 heteroatoms. The maximum absolute atomic E-state index is 10.4. The molecule has 166 valence electrons. The van der Waals surface area contributed by atoms with E-state index < -0.39 is 0 Å². The van der Waals surface area contributed by atoms with Crippen molar-refractivity contribution in [3.05, 3.63) is 0 Å². The minimum atomic E-state index is -0.124. The highest BCUT2D eigenvalue weighted by Gasteiger charge is 2.76. The van der Waals surface area contributed by atoms with E-state index in [1.54, 1.807) is 0 Å². The Morgan fingerprint density at radius 3 is 2.52 bits per heavy atom. The van der Waals surface area contributed by atoms with Crippen molar-refractivity contribution < 1.29 is 9.84 Å². The maximum atomic E-state index is 10.4. The molecule has 10 atom stereocenters. The van der Waals surface area contributed by atoms with Crippen molar-refractivity contribution in [3.63, 3.8) is 0 Å². The Balaban J connectivity index is 1.33. The first-order valence-electron chi connectivity index (χ1n) is 13.1. The average Bonchev–Trinajstić information content (AvgIpc) is 3.22. The van der Waals surface area contributed by atoms with Gasteiger partial charge in [0, 0.05) is 11.8 Å². The summed E-state index contributed by atoms with van der Waals surface area (Å²) in [5.74, 6) is 5.31. The van der Waals surface area contributed by atoms with Gasteiger partial charge >= 0.3 is 0 Å². The van der Waals surface area contributed by atoms with E-state index in [0.29, 0.717) is 16.9 Å². The summed E-state index contributed by atoms with van der Waals surface area (Å²) in [6.45, 7) is 12.6. The SMILES string of the molecule is CC(C)CCC[C@H](C)[C@H]1CC[C@@H]2[C@@H]3C[C@H]4O[C@]45C[C@@H](O)CC[C@]5(C)[C@@H]3CC[C@@]21C. The molecule has 1 spiro atoms. The van der Waals surface area contributed by atoms with Gasteiger partial charge in [0.2, 0.25) is 0 Å². The number of aliphatic hydroxyl groups excluding tert-OH is 1. The Hall–Kier alpha value is -0.0800. The summed E-state index contributed by atoms with van der Waals surface area (Å²) < 4.78 is 6.51. The van der Waals surface area contributed by atoms with Gasteiger partial charge in [-0.3, -0.25) is 0 Å². The molecule has 0 aromatic rings. The molecule has 0 aromatic heterocycles. The van der Waals surface area contributed by atoms with E-state index in [9.17, 15) is 5.11 Å². The molecule has 5 fully saturated rings. The van der Waals surface area contributed by atoms with Crippen molar-refractivity contribution in [3.8, 4) is 0 Å². The Morgan fingerprint density at radius 2 is 1.76 bits per heavy atom. The number of epoxide rings is 1. The molecule has 2 nitrogen and oxygen atoms in total. The third-order valence-corrected chi connectivity index (χ3v) is 11.3. The second-order valence-corrected chi connectivity index (χ2v) is 13.0. The highest BCUT2D eigenvalue weighted by Crippen LogP contribution is 2.74. The number of rotatable bonds is 5. The van der Waals surface area contributed by atoms with Crippen LogP contribution >= 0.6 is 0 Å². The van der Waals surface area contributed by atoms with Gasteiger partial charge in [-0.2, -0.15) is 0 Å². The standard InChI is InChI=1S/C27H46O2/c1-17(2)7-6-8-18(3)21-9-10-22-20-15-24-27(29-24)16-19(28)11-14-26(27,5)23(20)12-13-25(21,22)4/h17-24,28H,6-16H2,1-5H3/t18-,19-,20-,21+,22+,23+,24+,25+,26+,27+/m0/s1. The fourth-order valence-corrected chi connectivity index (χ4v) is 9.68. The monoisotopic (exact) mass is 402 g/mol. The Kier molecular flexibility index (Phi) is 4.99. The van der Waals surface area contributed by atoms with Crippen molar-refractivity contribution in [1.29, 1.82) is 0 Å². The minimum absolute atomic E-state index is 0.0434. The first kappa shape index (κ1) is 20.8. The Morgan fingerprint density at radius 1 is 0.966 bits per heavy atom. The number of ether oxygens (including phenoxy) is 1. The number of aliphatic hydroxyl groups is 1. The van der Waals surface area contributed by atoms with Crippen molar-refractivity contribution in [2.75, 3.05) is 0 Å². The largest absolute Gasteiger partial charge is 0.393 e. The molecule has 4 aliphatic carbocycles. The maximum Gasteiger partial charge on any atom is 0.103 e. The Labute approximate surface area is 179 Å². The van der Waals surface area contributed by atoms with Crippen LogP contribution in [0.25, 0.3) is 0 Å². The number of hydrogen-bond acceptors (Lipinski definition) is 2. The van der Waals surface area contributed by atoms with Gasteiger partial charge in [0.1, 0.15) is 5.60 Å². The molecule has 5 rings (SSSR count). The summed E-state index contributed by atoms with van der Waals surface area (Å²) >= 11 is 0. The lowest BCUT2D eigenvalue weighted by atomic mass is 9.44. The van der Waals surface area contributed by atoms with Crippen LogP contribution in [-0.2, 0) is 4.74 Å². The van der Waals surface area contributed by atoms with Crippen molar-refractivity contribution >= 4 is 0 Å². The normalized spacial score (nSPS) is 54.3. The molecule has 1 heterocycles. The molecule has 1 N–H and O–H groups in total. The molecule has 1 saturated heterocycles. The van der Waals surface area contributed by atoms with Crippen LogP contribution in [0.4, 0.5) is 0 Å². The molecule has 0 radical (unpaired) electrons. The van der Waals surface area contributed by atoms with E-state index in [1.807, 2.05) is 0 Å². The van der Waals surface area contributed by atoms with Gasteiger partial charge in [0.05, 0.1) is 12.2 Å². The molecular formula is C27H46O2. The summed E-state index contributed by atoms with van der Waals surface area (Å²) in [7, 11) is 0. The van der Waals surface area contributed by atoms with Gasteiger partial charge in [0.15, 0.2) is 0 Å². The first-order chi connectivity index (χ1) is 13.7. The van der Waals surface area contributed by atoms with Gasteiger partial charge in [-0.1, -0.05) is 53.9 Å². The number of hydrogen-bond donors (Lipinski definition) is 1. The number of fused-ring (bicyclic) bond motifs is 4. The summed E-state index contributed by atoms with van der Waals surface area (Å²) in [6, 6.07) is 0. The second kappa shape index (κ2) is 6.96. The van der Waals surface area contributed by atoms with Crippen LogP contribution in [0, 0.1) is 46.3 Å². The molecular weight excluding hydrogens is 356 g/mol. The van der Waals surface area contributed by atoms with Crippen LogP contribution in [0.2, 0.25) is 0 Å². The van der Waals surface area contributed by atoms with Crippen LogP contribution in [0.5, 0.6) is 0 Å². The smallest absolute Gasteiger partial charge is 0.103 e. The lowest BCUT2D eigenvalue weighted by Crippen LogP contribution is -2.58. The highest BCUT2D eigenvalue weighted by molar-refractivity contribution is 5.24. The van der Waals surface area contributed by atoms with Gasteiger partial charge in [-0.15, -0.1) is 0 Å². The fraction of sp³-hybridized carbons (Fsp3) is 1.00. The average molecular weight is 403 g/mol. The van der Waals surface area contributed by atoms with Crippen LogP contribution in [0.1, 0.15) is 105 Å². The zero-order valence-corrected chi connectivity index (χ0v) is 19.8. The molecule has 1 aliphatic heterocycles. The zero-order valence-electron chi connectivity index (χ0n) is 19.8. The third-order valence-electron chi connectivity index (χ3n) is 11.3. The van der Waals surface area contributed by atoms with E-state index in [1.165, 1.54) is 57.8 Å².